The van der Waals surface area contributed by atoms with Crippen LogP contribution in [0.5, 0.6) is 11.5 Å². The van der Waals surface area contributed by atoms with Crippen molar-refractivity contribution in [1.82, 2.24) is 39.9 Å². The molecule has 0 aliphatic carbocycles. The molecule has 5 heterocycles. The Morgan fingerprint density at radius 1 is 1.14 bits per heavy atom. The van der Waals surface area contributed by atoms with E-state index >= 15 is 4.39 Å². The van der Waals surface area contributed by atoms with Crippen LogP contribution in [-0.4, -0.2) is 60.2 Å². The summed E-state index contributed by atoms with van der Waals surface area (Å²) in [5.74, 6) is 1.43. The standard InChI is InChI=1S/C24H23FN10O/c1-14-7-18(17(25)9-20(14)36-16-3-5-35-21(8-16)29-13-31-35)32-23-22-19(28-12-30-23)10-27-24(33-22)34-6-4-26-15(2)11-34/h3,5,7-10,12-13,15,26H,4,6,11H2,1-2H3,(H,28,30,32)/t15-/m1/s1. The molecule has 1 atom stereocenters. The largest absolute Gasteiger partial charge is 0.457 e. The SMILES string of the molecule is Cc1cc(Nc2ncnc3cnc(N4CCN[C@H](C)C4)nc23)c(F)cc1Oc1ccn2ncnc2c1. The summed E-state index contributed by atoms with van der Waals surface area (Å²) in [5.41, 5.74) is 2.72. The first-order chi connectivity index (χ1) is 17.5. The molecule has 1 fully saturated rings. The van der Waals surface area contributed by atoms with Crippen molar-refractivity contribution in [3.8, 4) is 11.5 Å². The number of piperazine rings is 1. The van der Waals surface area contributed by atoms with Crippen molar-refractivity contribution in [3.63, 3.8) is 0 Å². The van der Waals surface area contributed by atoms with Crippen molar-refractivity contribution in [2.45, 2.75) is 19.9 Å². The van der Waals surface area contributed by atoms with Gasteiger partial charge in [-0.15, -0.1) is 0 Å². The zero-order valence-corrected chi connectivity index (χ0v) is 19.7. The predicted molar refractivity (Wildman–Crippen MR) is 132 cm³/mol. The van der Waals surface area contributed by atoms with Crippen LogP contribution in [0.2, 0.25) is 0 Å². The molecule has 1 aliphatic rings. The molecule has 4 aromatic heterocycles. The lowest BCUT2D eigenvalue weighted by Gasteiger charge is -2.31. The van der Waals surface area contributed by atoms with Crippen molar-refractivity contribution in [3.05, 3.63) is 60.7 Å². The molecular weight excluding hydrogens is 463 g/mol. The van der Waals surface area contributed by atoms with Crippen molar-refractivity contribution in [2.24, 2.45) is 0 Å². The summed E-state index contributed by atoms with van der Waals surface area (Å²) in [7, 11) is 0. The Hall–Kier alpha value is -4.45. The van der Waals surface area contributed by atoms with Gasteiger partial charge in [-0.05, 0) is 31.5 Å². The molecule has 11 nitrogen and oxygen atoms in total. The number of fused-ring (bicyclic) bond motifs is 2. The van der Waals surface area contributed by atoms with Gasteiger partial charge in [0.15, 0.2) is 11.5 Å². The van der Waals surface area contributed by atoms with Gasteiger partial charge in [-0.25, -0.2) is 33.8 Å². The zero-order valence-electron chi connectivity index (χ0n) is 19.7. The first-order valence-electron chi connectivity index (χ1n) is 11.5. The molecule has 1 aliphatic heterocycles. The van der Waals surface area contributed by atoms with Gasteiger partial charge in [0.1, 0.15) is 41.0 Å². The normalized spacial score (nSPS) is 16.0. The number of hydrogen-bond donors (Lipinski definition) is 2. The molecule has 0 radical (unpaired) electrons. The molecule has 2 N–H and O–H groups in total. The van der Waals surface area contributed by atoms with Crippen LogP contribution in [0.25, 0.3) is 16.7 Å². The fourth-order valence-corrected chi connectivity index (χ4v) is 4.19. The van der Waals surface area contributed by atoms with E-state index in [1.54, 1.807) is 35.1 Å². The van der Waals surface area contributed by atoms with E-state index in [2.05, 4.69) is 47.5 Å². The van der Waals surface area contributed by atoms with Gasteiger partial charge in [-0.2, -0.15) is 5.10 Å². The van der Waals surface area contributed by atoms with E-state index in [1.807, 2.05) is 6.92 Å². The summed E-state index contributed by atoms with van der Waals surface area (Å²) < 4.78 is 22.7. The lowest BCUT2D eigenvalue weighted by Crippen LogP contribution is -2.49. The highest BCUT2D eigenvalue weighted by molar-refractivity contribution is 5.87. The zero-order chi connectivity index (χ0) is 24.6. The molecule has 12 heteroatoms. The smallest absolute Gasteiger partial charge is 0.226 e. The van der Waals surface area contributed by atoms with Crippen molar-refractivity contribution in [2.75, 3.05) is 29.9 Å². The lowest BCUT2D eigenvalue weighted by molar-refractivity contribution is 0.473. The van der Waals surface area contributed by atoms with E-state index in [0.717, 1.165) is 25.2 Å². The van der Waals surface area contributed by atoms with E-state index in [0.29, 0.717) is 46.0 Å². The van der Waals surface area contributed by atoms with E-state index in [1.165, 1.54) is 18.7 Å². The number of hydrogen-bond acceptors (Lipinski definition) is 10. The highest BCUT2D eigenvalue weighted by atomic mass is 19.1. The first kappa shape index (κ1) is 22.0. The molecule has 182 valence electrons. The Balaban J connectivity index is 1.29. The van der Waals surface area contributed by atoms with Gasteiger partial charge in [0, 0.05) is 44.0 Å². The van der Waals surface area contributed by atoms with Gasteiger partial charge < -0.3 is 20.3 Å². The number of rotatable bonds is 5. The number of anilines is 3. The van der Waals surface area contributed by atoms with Crippen molar-refractivity contribution >= 4 is 34.1 Å². The second-order valence-corrected chi connectivity index (χ2v) is 8.68. The number of halogens is 1. The molecule has 6 rings (SSSR count). The van der Waals surface area contributed by atoms with Crippen LogP contribution in [0.3, 0.4) is 0 Å². The minimum absolute atomic E-state index is 0.253. The Labute approximate surface area is 205 Å². The summed E-state index contributed by atoms with van der Waals surface area (Å²) in [6.45, 7) is 6.41. The second kappa shape index (κ2) is 8.96. The maximum atomic E-state index is 15.2. The maximum Gasteiger partial charge on any atom is 0.226 e. The molecule has 0 bridgehead atoms. The average Bonchev–Trinajstić information content (AvgIpc) is 3.35. The average molecular weight is 487 g/mol. The number of nitrogens with one attached hydrogen (secondary N) is 2. The van der Waals surface area contributed by atoms with Crippen LogP contribution in [-0.2, 0) is 0 Å². The third-order valence-electron chi connectivity index (χ3n) is 6.01. The van der Waals surface area contributed by atoms with Crippen LogP contribution in [0.1, 0.15) is 12.5 Å². The highest BCUT2D eigenvalue weighted by Gasteiger charge is 2.20. The van der Waals surface area contributed by atoms with E-state index in [-0.39, 0.29) is 5.69 Å². The number of ether oxygens (including phenoxy) is 1. The van der Waals surface area contributed by atoms with Gasteiger partial charge in [0.25, 0.3) is 0 Å². The van der Waals surface area contributed by atoms with Crippen molar-refractivity contribution in [1.29, 1.82) is 0 Å². The Kier molecular flexibility index (Phi) is 5.49. The number of benzene rings is 1. The molecule has 5 aromatic rings. The van der Waals surface area contributed by atoms with E-state index in [9.17, 15) is 0 Å². The van der Waals surface area contributed by atoms with Gasteiger partial charge in [-0.1, -0.05) is 0 Å². The second-order valence-electron chi connectivity index (χ2n) is 8.68. The molecular formula is C24H23FN10O. The number of aromatic nitrogens is 7. The third-order valence-corrected chi connectivity index (χ3v) is 6.01. The maximum absolute atomic E-state index is 15.2. The van der Waals surface area contributed by atoms with E-state index in [4.69, 9.17) is 9.72 Å². The number of pyridine rings is 1. The van der Waals surface area contributed by atoms with Crippen LogP contribution in [0, 0.1) is 12.7 Å². The van der Waals surface area contributed by atoms with Crippen LogP contribution in [0.15, 0.2) is 49.3 Å². The fraction of sp³-hybridized carbons (Fsp3) is 0.250. The molecule has 0 saturated carbocycles. The summed E-state index contributed by atoms with van der Waals surface area (Å²) >= 11 is 0. The van der Waals surface area contributed by atoms with Crippen molar-refractivity contribution < 1.29 is 9.13 Å². The Morgan fingerprint density at radius 3 is 2.94 bits per heavy atom. The van der Waals surface area contributed by atoms with Crippen LogP contribution in [0.4, 0.5) is 21.8 Å². The van der Waals surface area contributed by atoms with Crippen LogP contribution < -0.4 is 20.3 Å². The van der Waals surface area contributed by atoms with Gasteiger partial charge in [0.2, 0.25) is 5.95 Å². The molecule has 0 unspecified atom stereocenters. The lowest BCUT2D eigenvalue weighted by atomic mass is 10.2. The summed E-state index contributed by atoms with van der Waals surface area (Å²) in [5, 5.41) is 10.6. The van der Waals surface area contributed by atoms with Crippen LogP contribution >= 0.6 is 0 Å². The highest BCUT2D eigenvalue weighted by Crippen LogP contribution is 2.32. The Morgan fingerprint density at radius 2 is 2.06 bits per heavy atom. The molecule has 1 aromatic carbocycles. The summed E-state index contributed by atoms with van der Waals surface area (Å²) in [6.07, 6.45) is 6.27. The van der Waals surface area contributed by atoms with Gasteiger partial charge >= 0.3 is 0 Å². The summed E-state index contributed by atoms with van der Waals surface area (Å²) in [4.78, 5) is 24.1. The fourth-order valence-electron chi connectivity index (χ4n) is 4.19. The molecule has 0 amide bonds. The van der Waals surface area contributed by atoms with Gasteiger partial charge in [-0.3, -0.25) is 0 Å². The monoisotopic (exact) mass is 486 g/mol. The minimum atomic E-state index is -0.490. The van der Waals surface area contributed by atoms with E-state index < -0.39 is 5.82 Å². The number of nitrogens with zero attached hydrogens (tertiary/aromatic N) is 8. The van der Waals surface area contributed by atoms with Gasteiger partial charge in [0.05, 0.1) is 11.9 Å². The molecule has 36 heavy (non-hydrogen) atoms. The Bertz CT molecular complexity index is 1570. The molecule has 0 spiro atoms. The first-order valence-corrected chi connectivity index (χ1v) is 11.5. The quantitative estimate of drug-likeness (QED) is 0.383. The topological polar surface area (TPSA) is 118 Å². The summed E-state index contributed by atoms with van der Waals surface area (Å²) in [6, 6.07) is 6.83. The number of aryl methyl sites for hydroxylation is 1. The third kappa shape index (κ3) is 4.22. The molecule has 1 saturated heterocycles. The minimum Gasteiger partial charge on any atom is -0.457 e. The predicted octanol–water partition coefficient (Wildman–Crippen LogP) is 3.24.